The average Bonchev–Trinajstić information content (AvgIpc) is 2.70. The first-order valence-electron chi connectivity index (χ1n) is 5.54. The zero-order chi connectivity index (χ0) is 11.4. The molecule has 1 atom stereocenters. The molecule has 0 bridgehead atoms. The van der Waals surface area contributed by atoms with Gasteiger partial charge < -0.3 is 10.2 Å². The van der Waals surface area contributed by atoms with E-state index >= 15 is 0 Å². The molecular weight excluding hydrogens is 224 g/mol. The maximum absolute atomic E-state index is 12.0. The number of hydrogen-bond acceptors (Lipinski definition) is 5. The number of carbonyl (C=O) groups excluding carboxylic acids is 1. The van der Waals surface area contributed by atoms with Crippen LogP contribution in [-0.4, -0.2) is 46.6 Å². The second-order valence-electron chi connectivity index (χ2n) is 4.04. The molecule has 0 spiro atoms. The highest BCUT2D eigenvalue weighted by Gasteiger charge is 2.23. The number of nitrogens with zero attached hydrogens (tertiary/aromatic N) is 3. The fourth-order valence-corrected chi connectivity index (χ4v) is 2.42. The normalized spacial score (nSPS) is 21.4. The molecule has 0 saturated carbocycles. The maximum atomic E-state index is 12.0. The van der Waals surface area contributed by atoms with Crippen molar-refractivity contribution in [2.24, 2.45) is 0 Å². The number of carbonyl (C=O) groups is 1. The number of aromatic nitrogens is 2. The maximum Gasteiger partial charge on any atom is 0.275 e. The van der Waals surface area contributed by atoms with Gasteiger partial charge in [-0.3, -0.25) is 4.79 Å². The van der Waals surface area contributed by atoms with Gasteiger partial charge in [0.2, 0.25) is 0 Å². The molecule has 1 unspecified atom stereocenters. The summed E-state index contributed by atoms with van der Waals surface area (Å²) in [5, 5.41) is 8.86. The number of nitrogens with one attached hydrogen (secondary N) is 1. The van der Waals surface area contributed by atoms with E-state index in [1.54, 1.807) is 5.38 Å². The summed E-state index contributed by atoms with van der Waals surface area (Å²) in [4.78, 5) is 13.8. The molecule has 2 heterocycles. The van der Waals surface area contributed by atoms with Crippen LogP contribution >= 0.6 is 11.5 Å². The topological polar surface area (TPSA) is 58.1 Å². The quantitative estimate of drug-likeness (QED) is 0.829. The molecule has 0 aromatic carbocycles. The fraction of sp³-hybridized carbons (Fsp3) is 0.700. The van der Waals surface area contributed by atoms with Crippen molar-refractivity contribution < 1.29 is 4.79 Å². The van der Waals surface area contributed by atoms with Crippen LogP contribution in [0.25, 0.3) is 0 Å². The van der Waals surface area contributed by atoms with Crippen LogP contribution in [-0.2, 0) is 0 Å². The summed E-state index contributed by atoms with van der Waals surface area (Å²) in [5.74, 6) is -0.0133. The molecule has 1 amide bonds. The van der Waals surface area contributed by atoms with Crippen LogP contribution in [0.2, 0.25) is 0 Å². The average molecular weight is 240 g/mol. The minimum atomic E-state index is -0.0133. The van der Waals surface area contributed by atoms with Crippen LogP contribution in [0.4, 0.5) is 0 Å². The molecule has 6 heteroatoms. The molecule has 0 aliphatic carbocycles. The van der Waals surface area contributed by atoms with Crippen molar-refractivity contribution in [3.05, 3.63) is 11.1 Å². The highest BCUT2D eigenvalue weighted by atomic mass is 32.1. The number of amides is 1. The van der Waals surface area contributed by atoms with Gasteiger partial charge >= 0.3 is 0 Å². The number of rotatable bonds is 2. The highest BCUT2D eigenvalue weighted by molar-refractivity contribution is 7.03. The first-order valence-corrected chi connectivity index (χ1v) is 6.37. The molecule has 5 nitrogen and oxygen atoms in total. The molecule has 88 valence electrons. The van der Waals surface area contributed by atoms with Crippen molar-refractivity contribution >= 4 is 17.4 Å². The summed E-state index contributed by atoms with van der Waals surface area (Å²) in [5.41, 5.74) is 0.463. The van der Waals surface area contributed by atoms with Crippen molar-refractivity contribution in [2.75, 3.05) is 20.1 Å². The van der Waals surface area contributed by atoms with E-state index < -0.39 is 0 Å². The van der Waals surface area contributed by atoms with Gasteiger partial charge in [0.05, 0.1) is 0 Å². The van der Waals surface area contributed by atoms with Gasteiger partial charge in [-0.2, -0.15) is 0 Å². The first kappa shape index (κ1) is 11.5. The summed E-state index contributed by atoms with van der Waals surface area (Å²) >= 11 is 1.22. The van der Waals surface area contributed by atoms with E-state index in [0.717, 1.165) is 32.4 Å². The SMILES string of the molecule is CN(C(=O)c1csnn1)C1CCCNCC1. The van der Waals surface area contributed by atoms with E-state index in [9.17, 15) is 4.79 Å². The van der Waals surface area contributed by atoms with E-state index in [-0.39, 0.29) is 5.91 Å². The minimum absolute atomic E-state index is 0.0133. The summed E-state index contributed by atoms with van der Waals surface area (Å²) in [6.07, 6.45) is 3.20. The Kier molecular flexibility index (Phi) is 3.84. The lowest BCUT2D eigenvalue weighted by Crippen LogP contribution is -2.37. The third kappa shape index (κ3) is 2.56. The van der Waals surface area contributed by atoms with Gasteiger partial charge in [-0.25, -0.2) is 0 Å². The lowest BCUT2D eigenvalue weighted by molar-refractivity contribution is 0.0714. The molecular formula is C10H16N4OS. The van der Waals surface area contributed by atoms with Gasteiger partial charge in [0.25, 0.3) is 5.91 Å². The lowest BCUT2D eigenvalue weighted by Gasteiger charge is -2.26. The zero-order valence-corrected chi connectivity index (χ0v) is 10.2. The fourth-order valence-electron chi connectivity index (χ4n) is 1.99. The first-order chi connectivity index (χ1) is 7.79. The second kappa shape index (κ2) is 5.36. The predicted octanol–water partition coefficient (Wildman–Crippen LogP) is 0.752. The lowest BCUT2D eigenvalue weighted by atomic mass is 10.1. The standard InChI is InChI=1S/C10H16N4OS/c1-14(8-3-2-5-11-6-4-8)10(15)9-7-16-13-12-9/h7-8,11H,2-6H2,1H3. The summed E-state index contributed by atoms with van der Waals surface area (Å²) in [7, 11) is 1.86. The molecule has 1 aromatic rings. The van der Waals surface area contributed by atoms with Crippen LogP contribution in [0.1, 0.15) is 29.8 Å². The largest absolute Gasteiger partial charge is 0.337 e. The van der Waals surface area contributed by atoms with E-state index in [2.05, 4.69) is 14.9 Å². The molecule has 1 aromatic heterocycles. The number of hydrogen-bond donors (Lipinski definition) is 1. The van der Waals surface area contributed by atoms with Gasteiger partial charge in [0, 0.05) is 18.5 Å². The molecule has 2 rings (SSSR count). The van der Waals surface area contributed by atoms with E-state index in [1.165, 1.54) is 11.5 Å². The van der Waals surface area contributed by atoms with Crippen LogP contribution in [0.3, 0.4) is 0 Å². The Morgan fingerprint density at radius 1 is 1.56 bits per heavy atom. The zero-order valence-electron chi connectivity index (χ0n) is 9.35. The van der Waals surface area contributed by atoms with Gasteiger partial charge in [0.15, 0.2) is 5.69 Å². The van der Waals surface area contributed by atoms with E-state index in [0.29, 0.717) is 11.7 Å². The third-order valence-corrected chi connectivity index (χ3v) is 3.50. The Labute approximate surface area is 99.0 Å². The van der Waals surface area contributed by atoms with Crippen molar-refractivity contribution in [1.29, 1.82) is 0 Å². The molecule has 1 N–H and O–H groups in total. The van der Waals surface area contributed by atoms with E-state index in [1.807, 2.05) is 11.9 Å². The Balaban J connectivity index is 2.00. The van der Waals surface area contributed by atoms with Crippen LogP contribution in [0, 0.1) is 0 Å². The van der Waals surface area contributed by atoms with E-state index in [4.69, 9.17) is 0 Å². The van der Waals surface area contributed by atoms with Crippen molar-refractivity contribution in [3.63, 3.8) is 0 Å². The summed E-state index contributed by atoms with van der Waals surface area (Å²) in [6, 6.07) is 0.323. The molecule has 16 heavy (non-hydrogen) atoms. The Bertz CT molecular complexity index is 333. The molecule has 1 aliphatic heterocycles. The van der Waals surface area contributed by atoms with Gasteiger partial charge in [-0.1, -0.05) is 4.49 Å². The third-order valence-electron chi connectivity index (χ3n) is 2.99. The molecule has 1 saturated heterocycles. The molecule has 0 radical (unpaired) electrons. The Morgan fingerprint density at radius 2 is 2.44 bits per heavy atom. The van der Waals surface area contributed by atoms with Crippen molar-refractivity contribution in [3.8, 4) is 0 Å². The predicted molar refractivity (Wildman–Crippen MR) is 62.5 cm³/mol. The van der Waals surface area contributed by atoms with Crippen molar-refractivity contribution in [2.45, 2.75) is 25.3 Å². The van der Waals surface area contributed by atoms with Gasteiger partial charge in [0.1, 0.15) is 0 Å². The van der Waals surface area contributed by atoms with Crippen LogP contribution < -0.4 is 5.32 Å². The second-order valence-corrected chi connectivity index (χ2v) is 4.65. The summed E-state index contributed by atoms with van der Waals surface area (Å²) < 4.78 is 3.72. The van der Waals surface area contributed by atoms with Gasteiger partial charge in [-0.15, -0.1) is 5.10 Å². The minimum Gasteiger partial charge on any atom is -0.337 e. The van der Waals surface area contributed by atoms with Crippen LogP contribution in [0.5, 0.6) is 0 Å². The Morgan fingerprint density at radius 3 is 3.19 bits per heavy atom. The highest BCUT2D eigenvalue weighted by Crippen LogP contribution is 2.14. The van der Waals surface area contributed by atoms with Gasteiger partial charge in [-0.05, 0) is 43.9 Å². The molecule has 1 aliphatic rings. The van der Waals surface area contributed by atoms with Crippen molar-refractivity contribution in [1.82, 2.24) is 19.8 Å². The molecule has 1 fully saturated rings. The Hall–Kier alpha value is -1.01. The monoisotopic (exact) mass is 240 g/mol. The summed E-state index contributed by atoms with van der Waals surface area (Å²) in [6.45, 7) is 2.04. The smallest absolute Gasteiger partial charge is 0.275 e. The van der Waals surface area contributed by atoms with Crippen LogP contribution in [0.15, 0.2) is 5.38 Å².